The van der Waals surface area contributed by atoms with Crippen LogP contribution in [0.2, 0.25) is 0 Å². The molecule has 1 nitrogen and oxygen atoms in total. The summed E-state index contributed by atoms with van der Waals surface area (Å²) in [6, 6.07) is 26.0. The highest BCUT2D eigenvalue weighted by molar-refractivity contribution is 14.1. The average molecular weight is 602 g/mol. The first kappa shape index (κ1) is 17.2. The normalized spacial score (nSPS) is 11.9. The fourth-order valence-electron chi connectivity index (χ4n) is 3.93. The van der Waals surface area contributed by atoms with Crippen LogP contribution in [0.25, 0.3) is 53.2 Å². The summed E-state index contributed by atoms with van der Waals surface area (Å²) in [5, 5.41) is 5.07. The van der Waals surface area contributed by atoms with Gasteiger partial charge in [0.15, 0.2) is 0 Å². The molecule has 0 amide bonds. The predicted octanol–water partition coefficient (Wildman–Crippen LogP) is 8.83. The summed E-state index contributed by atoms with van der Waals surface area (Å²) in [5.41, 5.74) is 4.36. The Morgan fingerprint density at radius 1 is 0.714 bits per heavy atom. The molecule has 4 aromatic carbocycles. The van der Waals surface area contributed by atoms with Gasteiger partial charge in [0.05, 0.1) is 0 Å². The lowest BCUT2D eigenvalue weighted by molar-refractivity contribution is 0.669. The molecule has 0 unspecified atom stereocenters. The molecule has 0 fully saturated rings. The van der Waals surface area contributed by atoms with Gasteiger partial charge in [0.2, 0.25) is 0 Å². The summed E-state index contributed by atoms with van der Waals surface area (Å²) in [6.45, 7) is 0. The number of hydrogen-bond acceptors (Lipinski definition) is 2. The summed E-state index contributed by atoms with van der Waals surface area (Å²) < 4.78 is 11.4. The minimum atomic E-state index is 0.948. The summed E-state index contributed by atoms with van der Waals surface area (Å²) in [7, 11) is 0. The van der Waals surface area contributed by atoms with E-state index in [2.05, 4.69) is 106 Å². The van der Waals surface area contributed by atoms with Gasteiger partial charge in [-0.15, -0.1) is 11.3 Å². The molecule has 0 N–H and O–H groups in total. The second-order valence-electron chi connectivity index (χ2n) is 6.83. The van der Waals surface area contributed by atoms with E-state index in [-0.39, 0.29) is 0 Å². The van der Waals surface area contributed by atoms with Gasteiger partial charge in [-0.25, -0.2) is 0 Å². The van der Waals surface area contributed by atoms with E-state index >= 15 is 0 Å². The van der Waals surface area contributed by atoms with Crippen molar-refractivity contribution < 1.29 is 4.42 Å². The monoisotopic (exact) mass is 602 g/mol. The van der Waals surface area contributed by atoms with E-state index in [4.69, 9.17) is 4.42 Å². The second-order valence-corrected chi connectivity index (χ2v) is 10.1. The smallest absolute Gasteiger partial charge is 0.136 e. The third-order valence-corrected chi connectivity index (χ3v) is 8.83. The topological polar surface area (TPSA) is 13.1 Å². The van der Waals surface area contributed by atoms with E-state index in [1.807, 2.05) is 23.5 Å². The molecule has 134 valence electrons. The average Bonchev–Trinajstić information content (AvgIpc) is 3.27. The van der Waals surface area contributed by atoms with E-state index in [1.165, 1.54) is 49.2 Å². The highest BCUT2D eigenvalue weighted by Gasteiger charge is 2.15. The van der Waals surface area contributed by atoms with Crippen molar-refractivity contribution in [3.05, 3.63) is 79.9 Å². The Kier molecular flexibility index (Phi) is 3.96. The van der Waals surface area contributed by atoms with E-state index in [1.54, 1.807) is 0 Å². The maximum absolute atomic E-state index is 6.17. The fourth-order valence-corrected chi connectivity index (χ4v) is 6.95. The number of benzene rings is 4. The van der Waals surface area contributed by atoms with Crippen LogP contribution in [0.5, 0.6) is 0 Å². The van der Waals surface area contributed by atoms with Gasteiger partial charge in [0, 0.05) is 38.1 Å². The lowest BCUT2D eigenvalue weighted by atomic mass is 10.0. The van der Waals surface area contributed by atoms with Gasteiger partial charge in [0.25, 0.3) is 0 Å². The van der Waals surface area contributed by atoms with E-state index in [9.17, 15) is 0 Å². The second kappa shape index (κ2) is 6.43. The first-order chi connectivity index (χ1) is 13.7. The Morgan fingerprint density at radius 3 is 2.50 bits per heavy atom. The maximum atomic E-state index is 6.17. The Balaban J connectivity index is 1.61. The van der Waals surface area contributed by atoms with Crippen LogP contribution < -0.4 is 0 Å². The van der Waals surface area contributed by atoms with Crippen LogP contribution in [0.4, 0.5) is 0 Å². The molecule has 0 bridgehead atoms. The Bertz CT molecular complexity index is 1540. The third kappa shape index (κ3) is 2.47. The standard InChI is InChI=1S/C24H12I2OS/c25-18-5-3-6-19-22(18)17-9-8-13(12-20(17)27-19)14-10-11-16-15-4-1-2-7-21(15)28-24(16)23(14)26/h1-12H. The van der Waals surface area contributed by atoms with Crippen LogP contribution in [0.3, 0.4) is 0 Å². The van der Waals surface area contributed by atoms with Gasteiger partial charge in [-0.2, -0.15) is 0 Å². The van der Waals surface area contributed by atoms with Crippen molar-refractivity contribution in [3.63, 3.8) is 0 Å². The molecule has 28 heavy (non-hydrogen) atoms. The number of thiophene rings is 1. The Labute approximate surface area is 192 Å². The van der Waals surface area contributed by atoms with E-state index < -0.39 is 0 Å². The van der Waals surface area contributed by atoms with Crippen molar-refractivity contribution in [1.29, 1.82) is 0 Å². The van der Waals surface area contributed by atoms with Crippen molar-refractivity contribution in [2.24, 2.45) is 0 Å². The summed E-state index contributed by atoms with van der Waals surface area (Å²) >= 11 is 6.76. The molecule has 2 heterocycles. The number of halogens is 2. The van der Waals surface area contributed by atoms with E-state index in [0.717, 1.165) is 11.2 Å². The highest BCUT2D eigenvalue weighted by Crippen LogP contribution is 2.41. The van der Waals surface area contributed by atoms with Gasteiger partial charge < -0.3 is 4.42 Å². The number of hydrogen-bond donors (Lipinski definition) is 0. The number of furan rings is 1. The van der Waals surface area contributed by atoms with Crippen LogP contribution in [0.15, 0.2) is 77.2 Å². The van der Waals surface area contributed by atoms with Crippen molar-refractivity contribution in [2.75, 3.05) is 0 Å². The van der Waals surface area contributed by atoms with Gasteiger partial charge >= 0.3 is 0 Å². The molecular formula is C24H12I2OS. The summed E-state index contributed by atoms with van der Waals surface area (Å²) in [4.78, 5) is 0. The maximum Gasteiger partial charge on any atom is 0.136 e. The summed E-state index contributed by atoms with van der Waals surface area (Å²) in [5.74, 6) is 0. The molecule has 0 spiro atoms. The van der Waals surface area contributed by atoms with Gasteiger partial charge in [-0.1, -0.05) is 42.5 Å². The van der Waals surface area contributed by atoms with Crippen LogP contribution >= 0.6 is 56.5 Å². The lowest BCUT2D eigenvalue weighted by Crippen LogP contribution is -1.83. The molecule has 4 heteroatoms. The molecule has 0 saturated carbocycles. The molecule has 0 radical (unpaired) electrons. The molecular weight excluding hydrogens is 590 g/mol. The van der Waals surface area contributed by atoms with Gasteiger partial charge in [-0.05, 0) is 86.6 Å². The zero-order valence-corrected chi connectivity index (χ0v) is 19.6. The highest BCUT2D eigenvalue weighted by atomic mass is 127. The molecule has 0 atom stereocenters. The largest absolute Gasteiger partial charge is 0.456 e. The SMILES string of the molecule is Ic1c(-c2ccc3c(c2)oc2cccc(I)c23)ccc2c1sc1ccccc12. The zero-order valence-electron chi connectivity index (χ0n) is 14.5. The molecule has 2 aromatic heterocycles. The summed E-state index contributed by atoms with van der Waals surface area (Å²) in [6.07, 6.45) is 0. The Hall–Kier alpha value is -1.64. The number of fused-ring (bicyclic) bond motifs is 6. The van der Waals surface area contributed by atoms with Crippen molar-refractivity contribution in [2.45, 2.75) is 0 Å². The predicted molar refractivity (Wildman–Crippen MR) is 137 cm³/mol. The quantitative estimate of drug-likeness (QED) is 0.172. The van der Waals surface area contributed by atoms with Crippen LogP contribution in [-0.2, 0) is 0 Å². The molecule has 0 aliphatic carbocycles. The van der Waals surface area contributed by atoms with Crippen LogP contribution in [-0.4, -0.2) is 0 Å². The van der Waals surface area contributed by atoms with Gasteiger partial charge in [-0.3, -0.25) is 0 Å². The first-order valence-electron chi connectivity index (χ1n) is 8.91. The Morgan fingerprint density at radius 2 is 1.57 bits per heavy atom. The third-order valence-electron chi connectivity index (χ3n) is 5.24. The minimum absolute atomic E-state index is 0.948. The van der Waals surface area contributed by atoms with Crippen molar-refractivity contribution in [1.82, 2.24) is 0 Å². The van der Waals surface area contributed by atoms with E-state index in [0.29, 0.717) is 0 Å². The molecule has 0 aliphatic heterocycles. The van der Waals surface area contributed by atoms with Crippen LogP contribution in [0.1, 0.15) is 0 Å². The van der Waals surface area contributed by atoms with Crippen molar-refractivity contribution >= 4 is 98.6 Å². The minimum Gasteiger partial charge on any atom is -0.456 e. The lowest BCUT2D eigenvalue weighted by Gasteiger charge is -2.06. The molecule has 0 saturated heterocycles. The molecule has 6 aromatic rings. The first-order valence-corrected chi connectivity index (χ1v) is 11.9. The van der Waals surface area contributed by atoms with Crippen molar-refractivity contribution in [3.8, 4) is 11.1 Å². The van der Waals surface area contributed by atoms with Crippen LogP contribution in [0, 0.1) is 7.14 Å². The molecule has 6 rings (SSSR count). The zero-order chi connectivity index (χ0) is 18.8. The number of rotatable bonds is 1. The molecule has 0 aliphatic rings. The van der Waals surface area contributed by atoms with Gasteiger partial charge in [0.1, 0.15) is 11.2 Å². The fraction of sp³-hybridized carbons (Fsp3) is 0.